The highest BCUT2D eigenvalue weighted by Crippen LogP contribution is 2.28. The maximum absolute atomic E-state index is 11.3. The van der Waals surface area contributed by atoms with E-state index in [0.717, 1.165) is 22.8 Å². The number of Topliss-reactive ketones (excluding diaryl/α,β-unsaturated/α-hetero) is 1. The van der Waals surface area contributed by atoms with Crippen LogP contribution in [-0.2, 0) is 4.79 Å². The molecule has 88 valence electrons. The lowest BCUT2D eigenvalue weighted by molar-refractivity contribution is -0.113. The molecule has 5 heteroatoms. The molecular formula is C12H12N2O2S. The molecule has 4 nitrogen and oxygen atoms in total. The van der Waals surface area contributed by atoms with Crippen molar-refractivity contribution in [2.24, 2.45) is 0 Å². The number of hydrogen-bond acceptors (Lipinski definition) is 4. The molecule has 2 N–H and O–H groups in total. The summed E-state index contributed by atoms with van der Waals surface area (Å²) in [5, 5.41) is 10.0. The SMILES string of the molecule is CC(=O)/C(Sc1nc2ccccc2[nH]1)=C(\C)O. The van der Waals surface area contributed by atoms with Gasteiger partial charge in [0.1, 0.15) is 5.76 Å². The van der Waals surface area contributed by atoms with Crippen LogP contribution in [0.1, 0.15) is 13.8 Å². The van der Waals surface area contributed by atoms with E-state index in [1.807, 2.05) is 24.3 Å². The molecule has 17 heavy (non-hydrogen) atoms. The van der Waals surface area contributed by atoms with Gasteiger partial charge in [0.05, 0.1) is 15.9 Å². The van der Waals surface area contributed by atoms with Gasteiger partial charge in [0, 0.05) is 0 Å². The van der Waals surface area contributed by atoms with Crippen molar-refractivity contribution in [3.63, 3.8) is 0 Å². The minimum atomic E-state index is -0.171. The molecule has 0 saturated carbocycles. The number of allylic oxidation sites excluding steroid dienone is 2. The van der Waals surface area contributed by atoms with Gasteiger partial charge < -0.3 is 10.1 Å². The van der Waals surface area contributed by atoms with E-state index in [-0.39, 0.29) is 11.5 Å². The number of carbonyl (C=O) groups is 1. The first-order valence-electron chi connectivity index (χ1n) is 5.11. The quantitative estimate of drug-likeness (QED) is 0.498. The predicted molar refractivity (Wildman–Crippen MR) is 68.0 cm³/mol. The van der Waals surface area contributed by atoms with Gasteiger partial charge in [-0.15, -0.1) is 0 Å². The zero-order chi connectivity index (χ0) is 12.4. The topological polar surface area (TPSA) is 66.0 Å². The molecule has 0 saturated heterocycles. The smallest absolute Gasteiger partial charge is 0.171 e. The number of H-pyrrole nitrogens is 1. The number of aliphatic hydroxyl groups excluding tert-OH is 1. The number of thioether (sulfide) groups is 1. The fourth-order valence-corrected chi connectivity index (χ4v) is 2.26. The fourth-order valence-electron chi connectivity index (χ4n) is 1.47. The van der Waals surface area contributed by atoms with Gasteiger partial charge in [0.2, 0.25) is 0 Å². The number of benzene rings is 1. The lowest BCUT2D eigenvalue weighted by Crippen LogP contribution is -1.96. The lowest BCUT2D eigenvalue weighted by Gasteiger charge is -2.01. The van der Waals surface area contributed by atoms with Crippen molar-refractivity contribution >= 4 is 28.6 Å². The average Bonchev–Trinajstić information content (AvgIpc) is 2.67. The van der Waals surface area contributed by atoms with Gasteiger partial charge in [0.15, 0.2) is 10.9 Å². The van der Waals surface area contributed by atoms with Crippen molar-refractivity contribution in [3.8, 4) is 0 Å². The molecule has 0 aliphatic rings. The van der Waals surface area contributed by atoms with Gasteiger partial charge >= 0.3 is 0 Å². The van der Waals surface area contributed by atoms with E-state index < -0.39 is 0 Å². The number of imidazole rings is 1. The highest BCUT2D eigenvalue weighted by atomic mass is 32.2. The molecule has 0 fully saturated rings. The van der Waals surface area contributed by atoms with Crippen LogP contribution in [0.4, 0.5) is 0 Å². The molecule has 1 aromatic carbocycles. The Labute approximate surface area is 103 Å². The van der Waals surface area contributed by atoms with Crippen LogP contribution >= 0.6 is 11.8 Å². The first kappa shape index (κ1) is 11.7. The van der Waals surface area contributed by atoms with Crippen molar-refractivity contribution < 1.29 is 9.90 Å². The molecule has 0 amide bonds. The Morgan fingerprint density at radius 1 is 1.35 bits per heavy atom. The molecule has 0 bridgehead atoms. The first-order valence-corrected chi connectivity index (χ1v) is 5.93. The molecule has 0 aliphatic heterocycles. The third-order valence-electron chi connectivity index (χ3n) is 2.21. The zero-order valence-electron chi connectivity index (χ0n) is 9.52. The number of carbonyl (C=O) groups excluding carboxylic acids is 1. The summed E-state index contributed by atoms with van der Waals surface area (Å²) < 4.78 is 0. The maximum atomic E-state index is 11.3. The number of aliphatic hydroxyl groups is 1. The second-order valence-corrected chi connectivity index (χ2v) is 4.63. The van der Waals surface area contributed by atoms with Gasteiger partial charge in [0.25, 0.3) is 0 Å². The number of aromatic amines is 1. The third kappa shape index (κ3) is 2.50. The van der Waals surface area contributed by atoms with Gasteiger partial charge in [-0.3, -0.25) is 4.79 Å². The van der Waals surface area contributed by atoms with Crippen LogP contribution in [0.5, 0.6) is 0 Å². The Hall–Kier alpha value is -1.75. The van der Waals surface area contributed by atoms with Gasteiger partial charge in [-0.2, -0.15) is 0 Å². The lowest BCUT2D eigenvalue weighted by atomic mass is 10.3. The summed E-state index contributed by atoms with van der Waals surface area (Å²) in [6.07, 6.45) is 0. The van der Waals surface area contributed by atoms with Gasteiger partial charge in [-0.25, -0.2) is 4.98 Å². The summed E-state index contributed by atoms with van der Waals surface area (Å²) in [6, 6.07) is 7.61. The highest BCUT2D eigenvalue weighted by molar-refractivity contribution is 8.03. The van der Waals surface area contributed by atoms with Crippen molar-refractivity contribution in [2.45, 2.75) is 19.0 Å². The van der Waals surface area contributed by atoms with Crippen molar-refractivity contribution in [3.05, 3.63) is 34.9 Å². The normalized spacial score (nSPS) is 12.6. The minimum absolute atomic E-state index is 0.0166. The second kappa shape index (κ2) is 4.63. The molecule has 0 aliphatic carbocycles. The summed E-state index contributed by atoms with van der Waals surface area (Å²) in [5.74, 6) is -0.154. The summed E-state index contributed by atoms with van der Waals surface area (Å²) in [7, 11) is 0. The van der Waals surface area contributed by atoms with Crippen LogP contribution in [-0.4, -0.2) is 20.9 Å². The van der Waals surface area contributed by atoms with Gasteiger partial charge in [-0.05, 0) is 37.7 Å². The van der Waals surface area contributed by atoms with E-state index in [1.54, 1.807) is 0 Å². The molecular weight excluding hydrogens is 236 g/mol. The monoisotopic (exact) mass is 248 g/mol. The Morgan fingerprint density at radius 2 is 2.06 bits per heavy atom. The Bertz CT molecular complexity index is 564. The van der Waals surface area contributed by atoms with E-state index >= 15 is 0 Å². The number of ketones is 1. The molecule has 0 radical (unpaired) electrons. The van der Waals surface area contributed by atoms with Crippen LogP contribution in [0.3, 0.4) is 0 Å². The van der Waals surface area contributed by atoms with Gasteiger partial charge in [-0.1, -0.05) is 12.1 Å². The summed E-state index contributed by atoms with van der Waals surface area (Å²) in [4.78, 5) is 19.1. The van der Waals surface area contributed by atoms with E-state index in [0.29, 0.717) is 10.1 Å². The maximum Gasteiger partial charge on any atom is 0.171 e. The Kier molecular flexibility index (Phi) is 3.19. The zero-order valence-corrected chi connectivity index (χ0v) is 10.3. The highest BCUT2D eigenvalue weighted by Gasteiger charge is 2.12. The molecule has 2 rings (SSSR count). The largest absolute Gasteiger partial charge is 0.511 e. The molecule has 0 atom stereocenters. The number of para-hydroxylation sites is 2. The molecule has 0 spiro atoms. The number of aromatic nitrogens is 2. The fraction of sp³-hybridized carbons (Fsp3) is 0.167. The first-order chi connectivity index (χ1) is 8.08. The van der Waals surface area contributed by atoms with Crippen LogP contribution in [0.25, 0.3) is 11.0 Å². The van der Waals surface area contributed by atoms with Crippen LogP contribution in [0.15, 0.2) is 40.1 Å². The number of nitrogens with one attached hydrogen (secondary N) is 1. The van der Waals surface area contributed by atoms with Crippen LogP contribution < -0.4 is 0 Å². The predicted octanol–water partition coefficient (Wildman–Crippen LogP) is 3.03. The minimum Gasteiger partial charge on any atom is -0.511 e. The second-order valence-electron chi connectivity index (χ2n) is 3.63. The van der Waals surface area contributed by atoms with Crippen LogP contribution in [0, 0.1) is 0 Å². The van der Waals surface area contributed by atoms with Crippen molar-refractivity contribution in [1.29, 1.82) is 0 Å². The Balaban J connectivity index is 2.35. The van der Waals surface area contributed by atoms with E-state index in [2.05, 4.69) is 9.97 Å². The molecule has 1 aromatic heterocycles. The molecule has 0 unspecified atom stereocenters. The van der Waals surface area contributed by atoms with Crippen molar-refractivity contribution in [1.82, 2.24) is 9.97 Å². The number of hydrogen-bond donors (Lipinski definition) is 2. The van der Waals surface area contributed by atoms with Crippen molar-refractivity contribution in [2.75, 3.05) is 0 Å². The number of fused-ring (bicyclic) bond motifs is 1. The van der Waals surface area contributed by atoms with E-state index in [4.69, 9.17) is 0 Å². The summed E-state index contributed by atoms with van der Waals surface area (Å²) in [6.45, 7) is 2.91. The van der Waals surface area contributed by atoms with Crippen LogP contribution in [0.2, 0.25) is 0 Å². The summed E-state index contributed by atoms with van der Waals surface area (Å²) >= 11 is 1.14. The number of rotatable bonds is 3. The summed E-state index contributed by atoms with van der Waals surface area (Å²) in [5.41, 5.74) is 1.75. The third-order valence-corrected chi connectivity index (χ3v) is 3.39. The standard InChI is InChI=1S/C12H12N2O2S/c1-7(15)11(8(2)16)17-12-13-9-5-3-4-6-10(9)14-12/h3-6,15H,1-2H3,(H,13,14)/b11-7-. The number of nitrogens with zero attached hydrogens (tertiary/aromatic N) is 1. The van der Waals surface area contributed by atoms with E-state index in [9.17, 15) is 9.90 Å². The van der Waals surface area contributed by atoms with E-state index in [1.165, 1.54) is 13.8 Å². The average molecular weight is 248 g/mol. The molecule has 1 heterocycles. The molecule has 2 aromatic rings. The Morgan fingerprint density at radius 3 is 2.65 bits per heavy atom.